The monoisotopic (exact) mass is 300 g/mol. The van der Waals surface area contributed by atoms with E-state index in [1.807, 2.05) is 42.2 Å². The first-order valence-corrected chi connectivity index (χ1v) is 7.18. The molecule has 0 radical (unpaired) electrons. The number of anilines is 2. The Balaban J connectivity index is 2.18. The third-order valence-corrected chi connectivity index (χ3v) is 3.14. The summed E-state index contributed by atoms with van der Waals surface area (Å²) in [4.78, 5) is 22.4. The number of hydrogen-bond acceptors (Lipinski definition) is 5. The largest absolute Gasteiger partial charge is 0.383 e. The van der Waals surface area contributed by atoms with Crippen molar-refractivity contribution < 1.29 is 9.53 Å². The minimum Gasteiger partial charge on any atom is -0.383 e. The number of ether oxygens (including phenoxy) is 1. The van der Waals surface area contributed by atoms with E-state index in [0.29, 0.717) is 24.7 Å². The maximum atomic E-state index is 12.0. The molecule has 0 spiro atoms. The maximum Gasteiger partial charge on any atom is 0.270 e. The van der Waals surface area contributed by atoms with Crippen molar-refractivity contribution in [1.82, 2.24) is 15.3 Å². The number of para-hydroxylation sites is 1. The number of methoxy groups -OCH3 is 1. The molecular formula is C16H20N4O2. The fourth-order valence-electron chi connectivity index (χ4n) is 2.06. The average molecular weight is 300 g/mol. The Hall–Kier alpha value is -2.47. The summed E-state index contributed by atoms with van der Waals surface area (Å²) < 4.78 is 4.91. The number of amides is 1. The normalized spacial score (nSPS) is 10.3. The Labute approximate surface area is 130 Å². The molecule has 1 N–H and O–H groups in total. The third kappa shape index (κ3) is 4.02. The highest BCUT2D eigenvalue weighted by molar-refractivity contribution is 5.93. The number of hydrogen-bond donors (Lipinski definition) is 1. The highest BCUT2D eigenvalue weighted by Gasteiger charge is 2.13. The second kappa shape index (κ2) is 8.09. The van der Waals surface area contributed by atoms with Crippen LogP contribution in [0.1, 0.15) is 17.4 Å². The molecule has 1 heterocycles. The highest BCUT2D eigenvalue weighted by atomic mass is 16.5. The number of nitrogens with zero attached hydrogens (tertiary/aromatic N) is 3. The van der Waals surface area contributed by atoms with E-state index >= 15 is 0 Å². The van der Waals surface area contributed by atoms with Crippen molar-refractivity contribution in [2.45, 2.75) is 6.92 Å². The van der Waals surface area contributed by atoms with Gasteiger partial charge in [-0.25, -0.2) is 9.97 Å². The first kappa shape index (κ1) is 15.9. The molecule has 2 aromatic rings. The van der Waals surface area contributed by atoms with Crippen LogP contribution in [0.15, 0.2) is 42.7 Å². The van der Waals surface area contributed by atoms with E-state index < -0.39 is 0 Å². The number of carbonyl (C=O) groups excluding carboxylic acids is 1. The Morgan fingerprint density at radius 1 is 1.27 bits per heavy atom. The van der Waals surface area contributed by atoms with Crippen LogP contribution in [0.2, 0.25) is 0 Å². The minimum absolute atomic E-state index is 0.232. The predicted octanol–water partition coefficient (Wildman–Crippen LogP) is 2.01. The number of nitrogens with one attached hydrogen (secondary N) is 1. The number of aromatic nitrogens is 2. The summed E-state index contributed by atoms with van der Waals surface area (Å²) in [5, 5.41) is 2.75. The first-order chi connectivity index (χ1) is 10.8. The van der Waals surface area contributed by atoms with E-state index in [0.717, 1.165) is 12.2 Å². The zero-order chi connectivity index (χ0) is 15.8. The minimum atomic E-state index is -0.232. The van der Waals surface area contributed by atoms with Gasteiger partial charge in [0.05, 0.1) is 6.61 Å². The molecule has 0 saturated carbocycles. The van der Waals surface area contributed by atoms with Crippen molar-refractivity contribution in [3.8, 4) is 0 Å². The summed E-state index contributed by atoms with van der Waals surface area (Å²) >= 11 is 0. The van der Waals surface area contributed by atoms with Crippen LogP contribution in [-0.4, -0.2) is 42.7 Å². The number of rotatable bonds is 7. The van der Waals surface area contributed by atoms with Gasteiger partial charge in [0, 0.05) is 32.0 Å². The van der Waals surface area contributed by atoms with E-state index in [1.165, 1.54) is 6.33 Å². The van der Waals surface area contributed by atoms with Gasteiger partial charge in [-0.05, 0) is 19.1 Å². The van der Waals surface area contributed by atoms with Gasteiger partial charge in [0.1, 0.15) is 17.8 Å². The van der Waals surface area contributed by atoms with E-state index in [9.17, 15) is 4.79 Å². The Morgan fingerprint density at radius 3 is 2.73 bits per heavy atom. The average Bonchev–Trinajstić information content (AvgIpc) is 2.57. The molecular weight excluding hydrogens is 280 g/mol. The standard InChI is InChI=1S/C16H20N4O2/c1-3-20(13-7-5-4-6-8-13)15-11-14(18-12-19-15)16(21)17-9-10-22-2/h4-8,11-12H,3,9-10H2,1-2H3,(H,17,21). The molecule has 0 atom stereocenters. The van der Waals surface area contributed by atoms with Crippen LogP contribution < -0.4 is 10.2 Å². The Bertz CT molecular complexity index is 604. The van der Waals surface area contributed by atoms with Crippen molar-refractivity contribution in [3.63, 3.8) is 0 Å². The van der Waals surface area contributed by atoms with E-state index in [1.54, 1.807) is 13.2 Å². The molecule has 22 heavy (non-hydrogen) atoms. The smallest absolute Gasteiger partial charge is 0.270 e. The summed E-state index contributed by atoms with van der Waals surface area (Å²) in [5.41, 5.74) is 1.37. The van der Waals surface area contributed by atoms with E-state index in [4.69, 9.17) is 4.74 Å². The lowest BCUT2D eigenvalue weighted by atomic mass is 10.2. The van der Waals surface area contributed by atoms with Gasteiger partial charge in [0.2, 0.25) is 0 Å². The van der Waals surface area contributed by atoms with Crippen LogP contribution >= 0.6 is 0 Å². The number of benzene rings is 1. The fraction of sp³-hybridized carbons (Fsp3) is 0.312. The summed E-state index contributed by atoms with van der Waals surface area (Å²) in [7, 11) is 1.59. The van der Waals surface area contributed by atoms with Crippen molar-refractivity contribution in [2.24, 2.45) is 0 Å². The van der Waals surface area contributed by atoms with Crippen LogP contribution in [0, 0.1) is 0 Å². The molecule has 0 unspecified atom stereocenters. The molecule has 0 fully saturated rings. The molecule has 0 aliphatic heterocycles. The van der Waals surface area contributed by atoms with Crippen molar-refractivity contribution in [3.05, 3.63) is 48.4 Å². The summed E-state index contributed by atoms with van der Waals surface area (Å²) in [6, 6.07) is 11.6. The molecule has 116 valence electrons. The van der Waals surface area contributed by atoms with Gasteiger partial charge in [0.15, 0.2) is 0 Å². The van der Waals surface area contributed by atoms with Gasteiger partial charge in [0.25, 0.3) is 5.91 Å². The molecule has 0 aliphatic rings. The summed E-state index contributed by atoms with van der Waals surface area (Å²) in [6.45, 7) is 3.69. The van der Waals surface area contributed by atoms with Gasteiger partial charge in [-0.15, -0.1) is 0 Å². The van der Waals surface area contributed by atoms with Crippen LogP contribution in [-0.2, 0) is 4.74 Å². The lowest BCUT2D eigenvalue weighted by Crippen LogP contribution is -2.28. The first-order valence-electron chi connectivity index (χ1n) is 7.18. The molecule has 1 aromatic heterocycles. The second-order valence-electron chi connectivity index (χ2n) is 4.59. The van der Waals surface area contributed by atoms with Gasteiger partial charge >= 0.3 is 0 Å². The topological polar surface area (TPSA) is 67.4 Å². The van der Waals surface area contributed by atoms with Gasteiger partial charge < -0.3 is 15.0 Å². The third-order valence-electron chi connectivity index (χ3n) is 3.14. The zero-order valence-corrected chi connectivity index (χ0v) is 12.8. The molecule has 0 bridgehead atoms. The SMILES string of the molecule is CCN(c1ccccc1)c1cc(C(=O)NCCOC)ncn1. The zero-order valence-electron chi connectivity index (χ0n) is 12.8. The molecule has 1 amide bonds. The summed E-state index contributed by atoms with van der Waals surface area (Å²) in [5.74, 6) is 0.463. The van der Waals surface area contributed by atoms with Gasteiger partial charge in [-0.2, -0.15) is 0 Å². The molecule has 2 rings (SSSR count). The van der Waals surface area contributed by atoms with Crippen LogP contribution in [0.5, 0.6) is 0 Å². The number of carbonyl (C=O) groups is 1. The molecule has 6 heteroatoms. The van der Waals surface area contributed by atoms with Gasteiger partial charge in [-0.1, -0.05) is 18.2 Å². The van der Waals surface area contributed by atoms with E-state index in [-0.39, 0.29) is 5.91 Å². The Kier molecular flexibility index (Phi) is 5.85. The van der Waals surface area contributed by atoms with Gasteiger partial charge in [-0.3, -0.25) is 4.79 Å². The Morgan fingerprint density at radius 2 is 2.05 bits per heavy atom. The highest BCUT2D eigenvalue weighted by Crippen LogP contribution is 2.22. The summed E-state index contributed by atoms with van der Waals surface area (Å²) in [6.07, 6.45) is 1.41. The maximum absolute atomic E-state index is 12.0. The van der Waals surface area contributed by atoms with Crippen LogP contribution in [0.25, 0.3) is 0 Å². The van der Waals surface area contributed by atoms with Crippen molar-refractivity contribution in [2.75, 3.05) is 31.7 Å². The molecule has 6 nitrogen and oxygen atoms in total. The predicted molar refractivity (Wildman–Crippen MR) is 85.4 cm³/mol. The second-order valence-corrected chi connectivity index (χ2v) is 4.59. The quantitative estimate of drug-likeness (QED) is 0.792. The fourth-order valence-corrected chi connectivity index (χ4v) is 2.06. The molecule has 0 aliphatic carbocycles. The van der Waals surface area contributed by atoms with Crippen molar-refractivity contribution >= 4 is 17.4 Å². The molecule has 1 aromatic carbocycles. The van der Waals surface area contributed by atoms with Crippen LogP contribution in [0.4, 0.5) is 11.5 Å². The lowest BCUT2D eigenvalue weighted by molar-refractivity contribution is 0.0932. The lowest BCUT2D eigenvalue weighted by Gasteiger charge is -2.22. The van der Waals surface area contributed by atoms with Crippen LogP contribution in [0.3, 0.4) is 0 Å². The molecule has 0 saturated heterocycles. The van der Waals surface area contributed by atoms with E-state index in [2.05, 4.69) is 15.3 Å². The van der Waals surface area contributed by atoms with Crippen molar-refractivity contribution in [1.29, 1.82) is 0 Å².